The van der Waals surface area contributed by atoms with Gasteiger partial charge in [-0.3, -0.25) is 33.6 Å². The molecule has 12 nitrogen and oxygen atoms in total. The Bertz CT molecular complexity index is 2020. The summed E-state index contributed by atoms with van der Waals surface area (Å²) in [4.78, 5) is 50.7. The topological polar surface area (TPSA) is 141 Å². The van der Waals surface area contributed by atoms with Crippen LogP contribution in [0.1, 0.15) is 95.5 Å². The van der Waals surface area contributed by atoms with Gasteiger partial charge in [-0.1, -0.05) is 36.4 Å². The minimum atomic E-state index is -2.89. The summed E-state index contributed by atoms with van der Waals surface area (Å²) in [5, 5.41) is 16.3. The van der Waals surface area contributed by atoms with Crippen molar-refractivity contribution in [2.45, 2.75) is 96.2 Å². The molecule has 2 fully saturated rings. The van der Waals surface area contributed by atoms with E-state index in [9.17, 15) is 33.1 Å². The van der Waals surface area contributed by atoms with E-state index in [-0.39, 0.29) is 36.2 Å². The van der Waals surface area contributed by atoms with Gasteiger partial charge >= 0.3 is 11.8 Å². The quantitative estimate of drug-likeness (QED) is 0.129. The summed E-state index contributed by atoms with van der Waals surface area (Å²) in [6.45, 7) is 6.18. The zero-order chi connectivity index (χ0) is 37.3. The number of benzene rings is 2. The van der Waals surface area contributed by atoms with Crippen LogP contribution in [0, 0.1) is 5.92 Å². The van der Waals surface area contributed by atoms with Gasteiger partial charge in [0.05, 0.1) is 22.8 Å². The third-order valence-corrected chi connectivity index (χ3v) is 10.2. The second-order valence-corrected chi connectivity index (χ2v) is 14.9. The van der Waals surface area contributed by atoms with Crippen LogP contribution in [0.4, 0.5) is 19.3 Å². The number of halogens is 2. The molecule has 0 bridgehead atoms. The van der Waals surface area contributed by atoms with Crippen LogP contribution in [0.5, 0.6) is 0 Å². The summed E-state index contributed by atoms with van der Waals surface area (Å²) in [6, 6.07) is 13.0. The second kappa shape index (κ2) is 15.0. The summed E-state index contributed by atoms with van der Waals surface area (Å²) in [5.41, 5.74) is 2.52. The van der Waals surface area contributed by atoms with Gasteiger partial charge in [0.25, 0.3) is 6.43 Å². The summed E-state index contributed by atoms with van der Waals surface area (Å²) < 4.78 is 38.5. The molecule has 3 amide bonds. The molecule has 0 spiro atoms. The Morgan fingerprint density at radius 1 is 1.08 bits per heavy atom. The molecule has 1 atom stereocenters. The van der Waals surface area contributed by atoms with Crippen LogP contribution < -0.4 is 15.9 Å². The number of hydrogen-bond donors (Lipinski definition) is 2. The summed E-state index contributed by atoms with van der Waals surface area (Å²) in [5.74, 6) is -0.452. The fourth-order valence-electron chi connectivity index (χ4n) is 7.66. The molecule has 6 rings (SSSR count). The van der Waals surface area contributed by atoms with E-state index in [4.69, 9.17) is 4.74 Å². The number of rotatable bonds is 11. The van der Waals surface area contributed by atoms with Crippen molar-refractivity contribution >= 4 is 34.6 Å². The fraction of sp³-hybridized carbons (Fsp3) is 0.500. The Morgan fingerprint density at radius 2 is 1.81 bits per heavy atom. The van der Waals surface area contributed by atoms with E-state index >= 15 is 0 Å². The number of nitrogens with zero attached hydrogens (tertiary/aromatic N) is 5. The molecule has 1 aliphatic carbocycles. The maximum Gasteiger partial charge on any atom is 0.412 e. The molecule has 52 heavy (non-hydrogen) atoms. The van der Waals surface area contributed by atoms with Crippen molar-refractivity contribution in [3.63, 3.8) is 0 Å². The van der Waals surface area contributed by atoms with E-state index in [1.54, 1.807) is 32.4 Å². The number of aryl methyl sites for hydroxylation is 2. The lowest BCUT2D eigenvalue weighted by molar-refractivity contribution is -0.135. The minimum absolute atomic E-state index is 0.0717. The maximum absolute atomic E-state index is 13.9. The zero-order valence-electron chi connectivity index (χ0n) is 30.0. The third-order valence-electron chi connectivity index (χ3n) is 10.2. The molecule has 2 aliphatic rings. The number of carbonyl (C=O) groups excluding carboxylic acids is 2. The van der Waals surface area contributed by atoms with Crippen molar-refractivity contribution < 1.29 is 33.0 Å². The molecule has 2 aromatic carbocycles. The lowest BCUT2D eigenvalue weighted by Crippen LogP contribution is -2.45. The summed E-state index contributed by atoms with van der Waals surface area (Å²) >= 11 is 0. The van der Waals surface area contributed by atoms with E-state index < -0.39 is 35.7 Å². The SMILES string of the molecule is Cn1c(=O)n(C2CCC(=O)NC2=O)c2cccc(-c3cccc(CCCOCC4CCC(n5cc(N(C(=O)O)C(C)(C)C)c(C(F)F)n5)CC4)c3)c21. The number of carboxylic acid groups (broad SMARTS) is 1. The first-order chi connectivity index (χ1) is 24.7. The van der Waals surface area contributed by atoms with Crippen LogP contribution in [-0.4, -0.2) is 60.7 Å². The molecule has 3 heterocycles. The lowest BCUT2D eigenvalue weighted by Gasteiger charge is -2.32. The Morgan fingerprint density at radius 3 is 2.48 bits per heavy atom. The predicted molar refractivity (Wildman–Crippen MR) is 192 cm³/mol. The molecule has 278 valence electrons. The molecule has 1 saturated heterocycles. The molecule has 2 N–H and O–H groups in total. The highest BCUT2D eigenvalue weighted by Gasteiger charge is 2.36. The molecular weight excluding hydrogens is 674 g/mol. The van der Waals surface area contributed by atoms with Crippen molar-refractivity contribution in [2.75, 3.05) is 18.1 Å². The standard InChI is InChI=1S/C38H46F2N6O6/c1-38(2,3)46(37(50)51)30-21-44(42-32(30)34(39)40)26-15-13-24(14-16-26)22-52-19-7-9-23-8-5-10-25(20-23)27-11-6-12-28-33(27)43(4)36(49)45(28)29-17-18-31(47)41-35(29)48/h5-6,8,10-12,20-21,24,26,29,34H,7,9,13-19,22H2,1-4H3,(H,50,51)(H,41,47,48). The number of carbonyl (C=O) groups is 3. The molecule has 1 saturated carbocycles. The van der Waals surface area contributed by atoms with E-state index in [1.807, 2.05) is 30.3 Å². The number of piperidine rings is 1. The van der Waals surface area contributed by atoms with Crippen LogP contribution in [0.3, 0.4) is 0 Å². The van der Waals surface area contributed by atoms with Crippen molar-refractivity contribution in [3.05, 3.63) is 70.4 Å². The average Bonchev–Trinajstić information content (AvgIpc) is 3.63. The number of imide groups is 1. The van der Waals surface area contributed by atoms with E-state index in [0.29, 0.717) is 24.6 Å². The zero-order valence-corrected chi connectivity index (χ0v) is 30.0. The second-order valence-electron chi connectivity index (χ2n) is 14.9. The number of hydrogen-bond acceptors (Lipinski definition) is 6. The van der Waals surface area contributed by atoms with E-state index in [2.05, 4.69) is 22.5 Å². The van der Waals surface area contributed by atoms with Gasteiger partial charge in [-0.15, -0.1) is 0 Å². The highest BCUT2D eigenvalue weighted by molar-refractivity contribution is 6.01. The van der Waals surface area contributed by atoms with Crippen molar-refractivity contribution in [1.82, 2.24) is 24.2 Å². The largest absolute Gasteiger partial charge is 0.465 e. The van der Waals surface area contributed by atoms with Gasteiger partial charge in [0.1, 0.15) is 6.04 Å². The maximum atomic E-state index is 13.9. The monoisotopic (exact) mass is 720 g/mol. The Balaban J connectivity index is 1.03. The summed E-state index contributed by atoms with van der Waals surface area (Å²) in [7, 11) is 1.70. The number of fused-ring (bicyclic) bond motifs is 1. The van der Waals surface area contributed by atoms with Crippen molar-refractivity contribution in [1.29, 1.82) is 0 Å². The minimum Gasteiger partial charge on any atom is -0.465 e. The first-order valence-corrected chi connectivity index (χ1v) is 17.9. The van der Waals surface area contributed by atoms with Gasteiger partial charge in [0, 0.05) is 44.0 Å². The number of nitrogens with one attached hydrogen (secondary N) is 1. The highest BCUT2D eigenvalue weighted by atomic mass is 19.3. The van der Waals surface area contributed by atoms with Gasteiger partial charge in [-0.2, -0.15) is 5.10 Å². The number of alkyl halides is 2. The Labute approximate surface area is 300 Å². The molecule has 0 radical (unpaired) electrons. The third kappa shape index (κ3) is 7.52. The van der Waals surface area contributed by atoms with Gasteiger partial charge in [-0.05, 0) is 88.8 Å². The number of ether oxygens (including phenoxy) is 1. The molecule has 1 aliphatic heterocycles. The smallest absolute Gasteiger partial charge is 0.412 e. The van der Waals surface area contributed by atoms with Crippen LogP contribution in [0.15, 0.2) is 53.5 Å². The van der Waals surface area contributed by atoms with Crippen molar-refractivity contribution in [2.24, 2.45) is 13.0 Å². The summed E-state index contributed by atoms with van der Waals surface area (Å²) in [6.07, 6.45) is 2.51. The molecular formula is C38H46F2N6O6. The van der Waals surface area contributed by atoms with E-state index in [1.165, 1.54) is 15.4 Å². The molecule has 4 aromatic rings. The highest BCUT2D eigenvalue weighted by Crippen LogP contribution is 2.38. The normalized spacial score (nSPS) is 19.7. The van der Waals surface area contributed by atoms with Crippen LogP contribution in [0.2, 0.25) is 0 Å². The molecule has 14 heteroatoms. The first-order valence-electron chi connectivity index (χ1n) is 17.9. The van der Waals surface area contributed by atoms with Crippen molar-refractivity contribution in [3.8, 4) is 11.1 Å². The van der Waals surface area contributed by atoms with Gasteiger partial charge in [0.15, 0.2) is 5.69 Å². The van der Waals surface area contributed by atoms with Crippen LogP contribution in [0.25, 0.3) is 22.2 Å². The number of amides is 3. The number of para-hydroxylation sites is 1. The lowest BCUT2D eigenvalue weighted by atomic mass is 9.86. The van der Waals surface area contributed by atoms with Gasteiger partial charge in [-0.25, -0.2) is 18.4 Å². The number of aromatic nitrogens is 4. The Kier molecular flexibility index (Phi) is 10.7. The molecule has 1 unspecified atom stereocenters. The van der Waals surface area contributed by atoms with Gasteiger partial charge in [0.2, 0.25) is 11.8 Å². The predicted octanol–water partition coefficient (Wildman–Crippen LogP) is 6.78. The Hall–Kier alpha value is -4.85. The van der Waals surface area contributed by atoms with Crippen LogP contribution in [-0.2, 0) is 27.8 Å². The first kappa shape index (κ1) is 36.9. The van der Waals surface area contributed by atoms with E-state index in [0.717, 1.165) is 65.6 Å². The molecule has 2 aromatic heterocycles. The fourth-order valence-corrected chi connectivity index (χ4v) is 7.66. The average molecular weight is 721 g/mol. The van der Waals surface area contributed by atoms with Crippen LogP contribution >= 0.6 is 0 Å². The number of anilines is 1. The number of imidazole rings is 1. The van der Waals surface area contributed by atoms with Gasteiger partial charge < -0.3 is 9.84 Å².